The number of nitrogens with zero attached hydrogens (tertiary/aromatic N) is 2. The summed E-state index contributed by atoms with van der Waals surface area (Å²) in [7, 11) is 0. The molecule has 1 aromatic carbocycles. The van der Waals surface area contributed by atoms with E-state index in [2.05, 4.69) is 42.9 Å². The highest BCUT2D eigenvalue weighted by atomic mass is 16.1. The van der Waals surface area contributed by atoms with E-state index >= 15 is 0 Å². The van der Waals surface area contributed by atoms with Crippen molar-refractivity contribution in [3.05, 3.63) is 58.9 Å². The zero-order valence-electron chi connectivity index (χ0n) is 11.8. The van der Waals surface area contributed by atoms with Gasteiger partial charge in [0.2, 0.25) is 0 Å². The molecule has 3 rings (SSSR count). The molecule has 2 aromatic heterocycles. The molecular formula is C16H17N3O. The number of aromatic amines is 1. The zero-order valence-corrected chi connectivity index (χ0v) is 11.8. The Labute approximate surface area is 117 Å². The van der Waals surface area contributed by atoms with Crippen LogP contribution in [0.1, 0.15) is 26.3 Å². The van der Waals surface area contributed by atoms with Gasteiger partial charge in [-0.3, -0.25) is 9.20 Å². The predicted octanol–water partition coefficient (Wildman–Crippen LogP) is 2.99. The van der Waals surface area contributed by atoms with Crippen LogP contribution in [0.5, 0.6) is 0 Å². The number of benzene rings is 1. The summed E-state index contributed by atoms with van der Waals surface area (Å²) < 4.78 is 1.74. The summed E-state index contributed by atoms with van der Waals surface area (Å²) in [4.78, 5) is 18.8. The van der Waals surface area contributed by atoms with Crippen LogP contribution in [0.2, 0.25) is 0 Å². The number of imidazole rings is 1. The SMILES string of the molecule is CC(C)(C)c1ccc(-c2cn3cncc3c(=O)[nH]2)cc1. The molecule has 0 aliphatic carbocycles. The first-order valence-corrected chi connectivity index (χ1v) is 6.61. The van der Waals surface area contributed by atoms with E-state index < -0.39 is 0 Å². The molecule has 2 heterocycles. The van der Waals surface area contributed by atoms with Crippen molar-refractivity contribution in [2.24, 2.45) is 0 Å². The largest absolute Gasteiger partial charge is 0.319 e. The minimum absolute atomic E-state index is 0.125. The van der Waals surface area contributed by atoms with Crippen LogP contribution >= 0.6 is 0 Å². The van der Waals surface area contributed by atoms with Crippen LogP contribution in [0.15, 0.2) is 47.8 Å². The second-order valence-corrected chi connectivity index (χ2v) is 6.01. The fraction of sp³-hybridized carbons (Fsp3) is 0.250. The second kappa shape index (κ2) is 4.34. The Morgan fingerprint density at radius 2 is 1.85 bits per heavy atom. The van der Waals surface area contributed by atoms with E-state index in [1.54, 1.807) is 16.9 Å². The van der Waals surface area contributed by atoms with Gasteiger partial charge >= 0.3 is 0 Å². The molecule has 0 unspecified atom stereocenters. The lowest BCUT2D eigenvalue weighted by atomic mass is 9.86. The monoisotopic (exact) mass is 267 g/mol. The molecule has 0 aliphatic rings. The third-order valence-corrected chi connectivity index (χ3v) is 3.48. The maximum Gasteiger partial charge on any atom is 0.274 e. The summed E-state index contributed by atoms with van der Waals surface area (Å²) in [5.41, 5.74) is 3.61. The van der Waals surface area contributed by atoms with Gasteiger partial charge in [0, 0.05) is 6.20 Å². The van der Waals surface area contributed by atoms with Crippen molar-refractivity contribution in [2.45, 2.75) is 26.2 Å². The normalized spacial score (nSPS) is 11.9. The van der Waals surface area contributed by atoms with Crippen LogP contribution in [0.3, 0.4) is 0 Å². The number of H-pyrrole nitrogens is 1. The Bertz CT molecular complexity index is 804. The van der Waals surface area contributed by atoms with Gasteiger partial charge in [-0.25, -0.2) is 4.98 Å². The number of rotatable bonds is 1. The van der Waals surface area contributed by atoms with Crippen molar-refractivity contribution < 1.29 is 0 Å². The first-order chi connectivity index (χ1) is 9.45. The van der Waals surface area contributed by atoms with Gasteiger partial charge in [-0.15, -0.1) is 0 Å². The minimum atomic E-state index is -0.125. The molecule has 4 nitrogen and oxygen atoms in total. The Kier molecular flexibility index (Phi) is 2.74. The van der Waals surface area contributed by atoms with E-state index in [0.29, 0.717) is 5.52 Å². The maximum absolute atomic E-state index is 11.9. The molecule has 0 aliphatic heterocycles. The van der Waals surface area contributed by atoms with Crippen LogP contribution in [-0.2, 0) is 5.41 Å². The van der Waals surface area contributed by atoms with Gasteiger partial charge in [-0.05, 0) is 16.5 Å². The van der Waals surface area contributed by atoms with Crippen molar-refractivity contribution in [3.63, 3.8) is 0 Å². The van der Waals surface area contributed by atoms with Crippen molar-refractivity contribution in [3.8, 4) is 11.3 Å². The lowest BCUT2D eigenvalue weighted by molar-refractivity contribution is 0.590. The fourth-order valence-corrected chi connectivity index (χ4v) is 2.24. The molecule has 0 fully saturated rings. The maximum atomic E-state index is 11.9. The van der Waals surface area contributed by atoms with E-state index in [4.69, 9.17) is 0 Å². The molecular weight excluding hydrogens is 250 g/mol. The van der Waals surface area contributed by atoms with Crippen molar-refractivity contribution >= 4 is 5.52 Å². The number of fused-ring (bicyclic) bond motifs is 1. The van der Waals surface area contributed by atoms with Crippen molar-refractivity contribution in [1.82, 2.24) is 14.4 Å². The van der Waals surface area contributed by atoms with Gasteiger partial charge in [0.1, 0.15) is 5.52 Å². The van der Waals surface area contributed by atoms with Crippen LogP contribution in [0, 0.1) is 0 Å². The van der Waals surface area contributed by atoms with Gasteiger partial charge in [0.05, 0.1) is 18.2 Å². The van der Waals surface area contributed by atoms with Crippen LogP contribution in [0.25, 0.3) is 16.8 Å². The molecule has 0 radical (unpaired) electrons. The molecule has 0 saturated carbocycles. The average molecular weight is 267 g/mol. The average Bonchev–Trinajstić information content (AvgIpc) is 2.86. The van der Waals surface area contributed by atoms with E-state index in [0.717, 1.165) is 11.3 Å². The summed E-state index contributed by atoms with van der Waals surface area (Å²) in [6.07, 6.45) is 5.08. The smallest absolute Gasteiger partial charge is 0.274 e. The quantitative estimate of drug-likeness (QED) is 0.737. The topological polar surface area (TPSA) is 50.2 Å². The van der Waals surface area contributed by atoms with Gasteiger partial charge in [-0.1, -0.05) is 45.0 Å². The van der Waals surface area contributed by atoms with Crippen LogP contribution < -0.4 is 5.56 Å². The molecule has 1 N–H and O–H groups in total. The Morgan fingerprint density at radius 1 is 1.15 bits per heavy atom. The number of nitrogens with one attached hydrogen (secondary N) is 1. The van der Waals surface area contributed by atoms with Gasteiger partial charge in [-0.2, -0.15) is 0 Å². The van der Waals surface area contributed by atoms with Gasteiger partial charge < -0.3 is 4.98 Å². The summed E-state index contributed by atoms with van der Waals surface area (Å²) >= 11 is 0. The Hall–Kier alpha value is -2.36. The molecule has 3 aromatic rings. The zero-order chi connectivity index (χ0) is 14.3. The lowest BCUT2D eigenvalue weighted by Gasteiger charge is -2.19. The van der Waals surface area contributed by atoms with Crippen LogP contribution in [-0.4, -0.2) is 14.4 Å². The van der Waals surface area contributed by atoms with E-state index in [-0.39, 0.29) is 11.0 Å². The third kappa shape index (κ3) is 2.13. The van der Waals surface area contributed by atoms with Crippen LogP contribution in [0.4, 0.5) is 0 Å². The van der Waals surface area contributed by atoms with Gasteiger partial charge in [0.25, 0.3) is 5.56 Å². The Morgan fingerprint density at radius 3 is 2.50 bits per heavy atom. The molecule has 0 amide bonds. The van der Waals surface area contributed by atoms with E-state index in [9.17, 15) is 4.79 Å². The number of hydrogen-bond donors (Lipinski definition) is 1. The standard InChI is InChI=1S/C16H17N3O/c1-16(2,3)12-6-4-11(5-7-12)13-9-19-10-17-8-14(19)15(20)18-13/h4-10H,1-3H3,(H,18,20). The summed E-state index contributed by atoms with van der Waals surface area (Å²) in [5.74, 6) is 0. The summed E-state index contributed by atoms with van der Waals surface area (Å²) in [5, 5.41) is 0. The second-order valence-electron chi connectivity index (χ2n) is 6.01. The molecule has 0 saturated heterocycles. The summed E-state index contributed by atoms with van der Waals surface area (Å²) in [6, 6.07) is 8.28. The van der Waals surface area contributed by atoms with Crippen molar-refractivity contribution in [2.75, 3.05) is 0 Å². The van der Waals surface area contributed by atoms with E-state index in [1.807, 2.05) is 18.3 Å². The molecule has 20 heavy (non-hydrogen) atoms. The Balaban J connectivity index is 2.09. The highest BCUT2D eigenvalue weighted by Gasteiger charge is 2.13. The molecule has 0 spiro atoms. The minimum Gasteiger partial charge on any atom is -0.319 e. The lowest BCUT2D eigenvalue weighted by Crippen LogP contribution is -2.11. The van der Waals surface area contributed by atoms with Gasteiger partial charge in [0.15, 0.2) is 0 Å². The predicted molar refractivity (Wildman–Crippen MR) is 79.9 cm³/mol. The highest BCUT2D eigenvalue weighted by Crippen LogP contribution is 2.25. The molecule has 0 atom stereocenters. The van der Waals surface area contributed by atoms with E-state index in [1.165, 1.54) is 5.56 Å². The fourth-order valence-electron chi connectivity index (χ4n) is 2.24. The molecule has 4 heteroatoms. The number of hydrogen-bond acceptors (Lipinski definition) is 2. The first kappa shape index (κ1) is 12.7. The molecule has 0 bridgehead atoms. The summed E-state index contributed by atoms with van der Waals surface area (Å²) in [6.45, 7) is 6.55. The molecule has 102 valence electrons. The number of aromatic nitrogens is 3. The first-order valence-electron chi connectivity index (χ1n) is 6.61. The van der Waals surface area contributed by atoms with Crippen molar-refractivity contribution in [1.29, 1.82) is 0 Å². The highest BCUT2D eigenvalue weighted by molar-refractivity contribution is 5.60. The third-order valence-electron chi connectivity index (χ3n) is 3.48.